The lowest BCUT2D eigenvalue weighted by Gasteiger charge is -2.29. The first-order valence-electron chi connectivity index (χ1n) is 10.0. The van der Waals surface area contributed by atoms with Gasteiger partial charge in [-0.25, -0.2) is 4.79 Å². The number of rotatable bonds is 16. The Balaban J connectivity index is 3.77. The van der Waals surface area contributed by atoms with E-state index in [-0.39, 0.29) is 29.1 Å². The Labute approximate surface area is 158 Å². The summed E-state index contributed by atoms with van der Waals surface area (Å²) in [6, 6.07) is -1.09. The third-order valence-corrected chi connectivity index (χ3v) is 4.51. The average molecular weight is 372 g/mol. The molecule has 0 bridgehead atoms. The molecule has 0 saturated heterocycles. The number of carbonyl (C=O) groups excluding carboxylic acids is 2. The Morgan fingerprint density at radius 1 is 0.846 bits per heavy atom. The number of carboxylic acids is 1. The number of carboxylic acid groups (broad SMARTS) is 1. The zero-order valence-corrected chi connectivity index (χ0v) is 17.2. The molecule has 0 radical (unpaired) electrons. The Morgan fingerprint density at radius 2 is 1.35 bits per heavy atom. The van der Waals surface area contributed by atoms with Gasteiger partial charge in [-0.05, 0) is 6.42 Å². The van der Waals surface area contributed by atoms with Gasteiger partial charge in [0.25, 0.3) is 0 Å². The van der Waals surface area contributed by atoms with E-state index in [1.165, 1.54) is 44.9 Å². The van der Waals surface area contributed by atoms with Crippen LogP contribution in [0.25, 0.3) is 0 Å². The van der Waals surface area contributed by atoms with E-state index in [0.29, 0.717) is 6.42 Å². The highest BCUT2D eigenvalue weighted by Crippen LogP contribution is 2.10. The van der Waals surface area contributed by atoms with Crippen molar-refractivity contribution in [2.75, 3.05) is 27.7 Å². The third-order valence-electron chi connectivity index (χ3n) is 4.51. The maximum Gasteiger partial charge on any atom is 0.370 e. The van der Waals surface area contributed by atoms with Gasteiger partial charge in [0.2, 0.25) is 17.7 Å². The number of unbranched alkanes of at least 4 members (excludes halogenated alkanes) is 8. The first kappa shape index (κ1) is 24.6. The number of hydrogen-bond donors (Lipinski definition) is 2. The minimum atomic E-state index is -1.12. The number of hydrogen-bond acceptors (Lipinski definition) is 3. The Hall–Kier alpha value is -1.43. The van der Waals surface area contributed by atoms with Crippen molar-refractivity contribution in [3.63, 3.8) is 0 Å². The van der Waals surface area contributed by atoms with Crippen molar-refractivity contribution in [1.82, 2.24) is 5.32 Å². The van der Waals surface area contributed by atoms with E-state index < -0.39 is 12.0 Å². The van der Waals surface area contributed by atoms with E-state index in [1.54, 1.807) is 21.1 Å². The molecule has 0 fully saturated rings. The largest absolute Gasteiger partial charge is 0.476 e. The molecule has 152 valence electrons. The molecule has 0 aromatic rings. The number of quaternary nitrogens is 1. The first-order valence-corrected chi connectivity index (χ1v) is 10.0. The highest BCUT2D eigenvalue weighted by Gasteiger charge is 2.37. The fourth-order valence-corrected chi connectivity index (χ4v) is 3.05. The van der Waals surface area contributed by atoms with Crippen molar-refractivity contribution in [1.29, 1.82) is 0 Å². The summed E-state index contributed by atoms with van der Waals surface area (Å²) in [6.07, 6.45) is 11.4. The van der Waals surface area contributed by atoms with Crippen LogP contribution in [-0.4, -0.2) is 61.0 Å². The van der Waals surface area contributed by atoms with Gasteiger partial charge in [0.1, 0.15) is 0 Å². The van der Waals surface area contributed by atoms with Crippen molar-refractivity contribution < 1.29 is 24.0 Å². The lowest BCUT2D eigenvalue weighted by molar-refractivity contribution is -0.878. The van der Waals surface area contributed by atoms with Gasteiger partial charge in [0.15, 0.2) is 0 Å². The Kier molecular flexibility index (Phi) is 13.0. The number of likely N-dealkylation sites (N-methyl/N-ethyl adjacent to an activating group) is 1. The molecule has 26 heavy (non-hydrogen) atoms. The zero-order valence-electron chi connectivity index (χ0n) is 17.2. The van der Waals surface area contributed by atoms with E-state index in [4.69, 9.17) is 0 Å². The van der Waals surface area contributed by atoms with Crippen LogP contribution in [0.4, 0.5) is 0 Å². The van der Waals surface area contributed by atoms with Crippen molar-refractivity contribution in [3.05, 3.63) is 0 Å². The SMILES string of the molecule is CCCCCCCCCCCC(=O)NCCC(=O)C(C(=O)O)[N+](C)(C)C. The lowest BCUT2D eigenvalue weighted by Crippen LogP contribution is -2.54. The monoisotopic (exact) mass is 371 g/mol. The second-order valence-electron chi connectivity index (χ2n) is 8.00. The number of amides is 1. The van der Waals surface area contributed by atoms with Crippen LogP contribution in [0.15, 0.2) is 0 Å². The van der Waals surface area contributed by atoms with Crippen LogP contribution < -0.4 is 5.32 Å². The van der Waals surface area contributed by atoms with Crippen LogP contribution in [0.2, 0.25) is 0 Å². The summed E-state index contributed by atoms with van der Waals surface area (Å²) in [5, 5.41) is 11.9. The van der Waals surface area contributed by atoms with E-state index in [2.05, 4.69) is 12.2 Å². The van der Waals surface area contributed by atoms with Crippen molar-refractivity contribution in [2.24, 2.45) is 0 Å². The van der Waals surface area contributed by atoms with Gasteiger partial charge in [-0.1, -0.05) is 58.3 Å². The average Bonchev–Trinajstić information content (AvgIpc) is 2.51. The van der Waals surface area contributed by atoms with Crippen molar-refractivity contribution >= 4 is 17.7 Å². The molecule has 0 spiro atoms. The molecular weight excluding hydrogens is 332 g/mol. The van der Waals surface area contributed by atoms with E-state index in [0.717, 1.165) is 12.8 Å². The van der Waals surface area contributed by atoms with Gasteiger partial charge in [0.05, 0.1) is 21.1 Å². The highest BCUT2D eigenvalue weighted by molar-refractivity contribution is 6.01. The molecule has 0 aromatic carbocycles. The quantitative estimate of drug-likeness (QED) is 0.248. The highest BCUT2D eigenvalue weighted by atomic mass is 16.4. The van der Waals surface area contributed by atoms with Crippen LogP contribution in [0.5, 0.6) is 0 Å². The molecule has 0 saturated carbocycles. The number of Topliss-reactive ketones (excluding diaryl/α,β-unsaturated/α-hetero) is 1. The molecule has 6 heteroatoms. The number of nitrogens with zero attached hydrogens (tertiary/aromatic N) is 1. The van der Waals surface area contributed by atoms with Gasteiger partial charge >= 0.3 is 5.97 Å². The molecule has 0 rings (SSSR count). The normalized spacial score (nSPS) is 12.6. The van der Waals surface area contributed by atoms with Gasteiger partial charge < -0.3 is 14.9 Å². The molecule has 0 aliphatic rings. The molecule has 2 N–H and O–H groups in total. The molecule has 1 amide bonds. The minimum Gasteiger partial charge on any atom is -0.476 e. The summed E-state index contributed by atoms with van der Waals surface area (Å²) in [5.74, 6) is -1.53. The summed E-state index contributed by atoms with van der Waals surface area (Å²) in [4.78, 5) is 35.1. The second kappa shape index (κ2) is 13.7. The summed E-state index contributed by atoms with van der Waals surface area (Å²) in [6.45, 7) is 2.42. The Morgan fingerprint density at radius 3 is 1.81 bits per heavy atom. The number of nitrogens with one attached hydrogen (secondary N) is 1. The maximum atomic E-state index is 12.1. The van der Waals surface area contributed by atoms with Gasteiger partial charge in [-0.3, -0.25) is 9.59 Å². The predicted molar refractivity (Wildman–Crippen MR) is 104 cm³/mol. The molecule has 1 atom stereocenters. The summed E-state index contributed by atoms with van der Waals surface area (Å²) in [5.41, 5.74) is 0. The predicted octanol–water partition coefficient (Wildman–Crippen LogP) is 3.14. The van der Waals surface area contributed by atoms with Crippen LogP contribution in [0.3, 0.4) is 0 Å². The van der Waals surface area contributed by atoms with E-state index in [1.807, 2.05) is 0 Å². The zero-order chi connectivity index (χ0) is 20.0. The van der Waals surface area contributed by atoms with Crippen molar-refractivity contribution in [3.8, 4) is 0 Å². The molecule has 0 aliphatic carbocycles. The summed E-state index contributed by atoms with van der Waals surface area (Å²) in [7, 11) is 5.04. The smallest absolute Gasteiger partial charge is 0.370 e. The van der Waals surface area contributed by atoms with Crippen LogP contribution in [-0.2, 0) is 14.4 Å². The topological polar surface area (TPSA) is 83.5 Å². The van der Waals surface area contributed by atoms with Gasteiger partial charge in [0, 0.05) is 19.4 Å². The molecule has 6 nitrogen and oxygen atoms in total. The number of ketones is 1. The van der Waals surface area contributed by atoms with Crippen molar-refractivity contribution in [2.45, 2.75) is 83.6 Å². The fourth-order valence-electron chi connectivity index (χ4n) is 3.05. The van der Waals surface area contributed by atoms with Crippen LogP contribution >= 0.6 is 0 Å². The molecule has 0 aromatic heterocycles. The second-order valence-corrected chi connectivity index (χ2v) is 8.00. The number of carbonyl (C=O) groups is 3. The molecule has 1 unspecified atom stereocenters. The molecular formula is C20H39N2O4+. The third kappa shape index (κ3) is 12.0. The fraction of sp³-hybridized carbons (Fsp3) is 0.850. The first-order chi connectivity index (χ1) is 12.2. The van der Waals surface area contributed by atoms with Gasteiger partial charge in [-0.2, -0.15) is 0 Å². The van der Waals surface area contributed by atoms with Crippen LogP contribution in [0, 0.1) is 0 Å². The van der Waals surface area contributed by atoms with Crippen LogP contribution in [0.1, 0.15) is 77.6 Å². The number of aliphatic carboxylic acids is 1. The minimum absolute atomic E-state index is 0.0422. The van der Waals surface area contributed by atoms with E-state index >= 15 is 0 Å². The maximum absolute atomic E-state index is 12.1. The molecule has 0 aliphatic heterocycles. The summed E-state index contributed by atoms with van der Waals surface area (Å²) >= 11 is 0. The standard InChI is InChI=1S/C20H38N2O4/c1-5-6-7-8-9-10-11-12-13-14-18(24)21-16-15-17(23)19(20(25)26)22(2,3)4/h19H,5-16H2,1-4H3,(H-,21,24,25,26)/p+1. The van der Waals surface area contributed by atoms with Gasteiger partial charge in [-0.15, -0.1) is 0 Å². The van der Waals surface area contributed by atoms with E-state index in [9.17, 15) is 19.5 Å². The summed E-state index contributed by atoms with van der Waals surface area (Å²) < 4.78 is 0.0422. The molecule has 0 heterocycles. The lowest BCUT2D eigenvalue weighted by atomic mass is 10.1. The Bertz CT molecular complexity index is 430.